The van der Waals surface area contributed by atoms with E-state index in [9.17, 15) is 4.79 Å². The van der Waals surface area contributed by atoms with Crippen LogP contribution in [-0.2, 0) is 9.53 Å². The Morgan fingerprint density at radius 1 is 1.38 bits per heavy atom. The van der Waals surface area contributed by atoms with Gasteiger partial charge in [-0.05, 0) is 18.6 Å². The first kappa shape index (κ1) is 13.5. The van der Waals surface area contributed by atoms with Crippen LogP contribution in [0, 0.1) is 0 Å². The lowest BCUT2D eigenvalue weighted by Crippen LogP contribution is -2.15. The van der Waals surface area contributed by atoms with E-state index < -0.39 is 6.10 Å². The van der Waals surface area contributed by atoms with Crippen molar-refractivity contribution in [2.24, 2.45) is 0 Å². The molecule has 0 saturated heterocycles. The Balaban J connectivity index is 3.08. The summed E-state index contributed by atoms with van der Waals surface area (Å²) in [4.78, 5) is 11.8. The Hall–Kier alpha value is -0.570. The quantitative estimate of drug-likeness (QED) is 0.799. The molecule has 0 saturated carbocycles. The number of Topliss-reactive ketones (excluding diaryl/α,β-unsaturated/α-hetero) is 1. The Labute approximate surface area is 106 Å². The molecule has 0 aliphatic heterocycles. The number of hydrogen-bond acceptors (Lipinski definition) is 2. The Bertz CT molecular complexity index is 357. The SMILES string of the molecule is CCCC(=O)C(OC)c1c(Cl)cccc1Cl. The second kappa shape index (κ2) is 6.24. The highest BCUT2D eigenvalue weighted by Crippen LogP contribution is 2.33. The fourth-order valence-corrected chi connectivity index (χ4v) is 2.14. The average molecular weight is 261 g/mol. The number of halogens is 2. The van der Waals surface area contributed by atoms with Gasteiger partial charge in [-0.25, -0.2) is 0 Å². The lowest BCUT2D eigenvalue weighted by atomic mass is 10.0. The van der Waals surface area contributed by atoms with Gasteiger partial charge in [0.25, 0.3) is 0 Å². The number of hydrogen-bond donors (Lipinski definition) is 0. The van der Waals surface area contributed by atoms with Crippen molar-refractivity contribution in [1.82, 2.24) is 0 Å². The highest BCUT2D eigenvalue weighted by Gasteiger charge is 2.23. The fourth-order valence-electron chi connectivity index (χ4n) is 1.55. The first-order valence-electron chi connectivity index (χ1n) is 5.11. The molecular formula is C12H14Cl2O2. The molecule has 88 valence electrons. The minimum absolute atomic E-state index is 0.000000000000000222. The van der Waals surface area contributed by atoms with Gasteiger partial charge >= 0.3 is 0 Å². The first-order chi connectivity index (χ1) is 7.61. The van der Waals surface area contributed by atoms with Crippen LogP contribution in [0.1, 0.15) is 31.4 Å². The molecule has 0 spiro atoms. The van der Waals surface area contributed by atoms with E-state index in [1.54, 1.807) is 18.2 Å². The predicted molar refractivity (Wildman–Crippen MR) is 66.1 cm³/mol. The number of rotatable bonds is 5. The van der Waals surface area contributed by atoms with E-state index in [1.165, 1.54) is 7.11 Å². The minimum atomic E-state index is -0.666. The summed E-state index contributed by atoms with van der Waals surface area (Å²) in [5.74, 6) is 0.000000000000000222. The second-order valence-corrected chi connectivity index (χ2v) is 4.28. The summed E-state index contributed by atoms with van der Waals surface area (Å²) in [6.45, 7) is 1.94. The van der Waals surface area contributed by atoms with Crippen molar-refractivity contribution in [3.05, 3.63) is 33.8 Å². The molecule has 0 amide bonds. The third-order valence-electron chi connectivity index (χ3n) is 2.29. The van der Waals surface area contributed by atoms with Gasteiger partial charge in [-0.1, -0.05) is 36.2 Å². The molecule has 0 heterocycles. The number of ketones is 1. The third kappa shape index (κ3) is 2.97. The normalized spacial score (nSPS) is 12.5. The van der Waals surface area contributed by atoms with Crippen LogP contribution < -0.4 is 0 Å². The van der Waals surface area contributed by atoms with Gasteiger partial charge in [0.05, 0.1) is 0 Å². The molecule has 0 fully saturated rings. The molecule has 0 radical (unpaired) electrons. The number of methoxy groups -OCH3 is 1. The lowest BCUT2D eigenvalue weighted by Gasteiger charge is -2.17. The number of carbonyl (C=O) groups is 1. The summed E-state index contributed by atoms with van der Waals surface area (Å²) in [6, 6.07) is 5.15. The number of benzene rings is 1. The van der Waals surface area contributed by atoms with Gasteiger partial charge in [-0.2, -0.15) is 0 Å². The summed E-state index contributed by atoms with van der Waals surface area (Å²) in [6.07, 6.45) is 0.571. The van der Waals surface area contributed by atoms with Gasteiger partial charge in [0.15, 0.2) is 5.78 Å². The number of carbonyl (C=O) groups excluding carboxylic acids is 1. The summed E-state index contributed by atoms with van der Waals surface area (Å²) in [7, 11) is 1.48. The van der Waals surface area contributed by atoms with Gasteiger partial charge in [-0.15, -0.1) is 0 Å². The average Bonchev–Trinajstić information content (AvgIpc) is 2.24. The second-order valence-electron chi connectivity index (χ2n) is 3.47. The van der Waals surface area contributed by atoms with E-state index in [-0.39, 0.29) is 5.78 Å². The zero-order valence-corrected chi connectivity index (χ0v) is 10.8. The van der Waals surface area contributed by atoms with Crippen LogP contribution in [0.4, 0.5) is 0 Å². The van der Waals surface area contributed by atoms with Gasteiger partial charge in [-0.3, -0.25) is 4.79 Å². The topological polar surface area (TPSA) is 26.3 Å². The molecule has 1 rings (SSSR count). The standard InChI is InChI=1S/C12H14Cl2O2/c1-3-5-10(15)12(16-2)11-8(13)6-4-7-9(11)14/h4,6-7,12H,3,5H2,1-2H3. The van der Waals surface area contributed by atoms with Crippen LogP contribution in [0.25, 0.3) is 0 Å². The summed E-state index contributed by atoms with van der Waals surface area (Å²) in [5.41, 5.74) is 0.562. The zero-order chi connectivity index (χ0) is 12.1. The van der Waals surface area contributed by atoms with E-state index in [1.807, 2.05) is 6.92 Å². The van der Waals surface area contributed by atoms with E-state index >= 15 is 0 Å². The minimum Gasteiger partial charge on any atom is -0.369 e. The fraction of sp³-hybridized carbons (Fsp3) is 0.417. The molecule has 1 atom stereocenters. The van der Waals surface area contributed by atoms with Crippen molar-refractivity contribution < 1.29 is 9.53 Å². The van der Waals surface area contributed by atoms with Gasteiger partial charge in [0.2, 0.25) is 0 Å². The Morgan fingerprint density at radius 2 is 1.94 bits per heavy atom. The molecule has 2 nitrogen and oxygen atoms in total. The highest BCUT2D eigenvalue weighted by atomic mass is 35.5. The first-order valence-corrected chi connectivity index (χ1v) is 5.86. The van der Waals surface area contributed by atoms with Crippen molar-refractivity contribution in [2.75, 3.05) is 7.11 Å². The van der Waals surface area contributed by atoms with E-state index in [0.29, 0.717) is 22.0 Å². The summed E-state index contributed by atoms with van der Waals surface area (Å²) >= 11 is 12.1. The van der Waals surface area contributed by atoms with E-state index in [2.05, 4.69) is 0 Å². The van der Waals surface area contributed by atoms with Crippen molar-refractivity contribution in [1.29, 1.82) is 0 Å². The Kier molecular flexibility index (Phi) is 5.26. The lowest BCUT2D eigenvalue weighted by molar-refractivity contribution is -0.129. The zero-order valence-electron chi connectivity index (χ0n) is 9.30. The monoisotopic (exact) mass is 260 g/mol. The van der Waals surface area contributed by atoms with Crippen molar-refractivity contribution in [3.8, 4) is 0 Å². The van der Waals surface area contributed by atoms with Crippen LogP contribution in [0.2, 0.25) is 10.0 Å². The third-order valence-corrected chi connectivity index (χ3v) is 2.95. The molecule has 0 aliphatic rings. The number of ether oxygens (including phenoxy) is 1. The Morgan fingerprint density at radius 3 is 2.38 bits per heavy atom. The van der Waals surface area contributed by atoms with E-state index in [0.717, 1.165) is 6.42 Å². The van der Waals surface area contributed by atoms with Crippen molar-refractivity contribution >= 4 is 29.0 Å². The molecule has 4 heteroatoms. The van der Waals surface area contributed by atoms with Crippen molar-refractivity contribution in [2.45, 2.75) is 25.9 Å². The van der Waals surface area contributed by atoms with Crippen LogP contribution in [0.5, 0.6) is 0 Å². The molecule has 16 heavy (non-hydrogen) atoms. The maximum absolute atomic E-state index is 11.8. The van der Waals surface area contributed by atoms with Crippen LogP contribution in [0.3, 0.4) is 0 Å². The smallest absolute Gasteiger partial charge is 0.166 e. The molecule has 0 aromatic heterocycles. The van der Waals surface area contributed by atoms with Crippen molar-refractivity contribution in [3.63, 3.8) is 0 Å². The van der Waals surface area contributed by atoms with Crippen LogP contribution in [-0.4, -0.2) is 12.9 Å². The predicted octanol–water partition coefficient (Wildman–Crippen LogP) is 4.05. The molecule has 0 aliphatic carbocycles. The summed E-state index contributed by atoms with van der Waals surface area (Å²) in [5, 5.41) is 0.924. The molecule has 0 N–H and O–H groups in total. The van der Waals surface area contributed by atoms with Crippen LogP contribution in [0.15, 0.2) is 18.2 Å². The van der Waals surface area contributed by atoms with Crippen LogP contribution >= 0.6 is 23.2 Å². The summed E-state index contributed by atoms with van der Waals surface area (Å²) < 4.78 is 5.19. The molecule has 0 bridgehead atoms. The van der Waals surface area contributed by atoms with Gasteiger partial charge in [0, 0.05) is 29.1 Å². The maximum atomic E-state index is 11.8. The molecule has 1 aromatic carbocycles. The molecule has 1 unspecified atom stereocenters. The van der Waals surface area contributed by atoms with Gasteiger partial charge < -0.3 is 4.74 Å². The highest BCUT2D eigenvalue weighted by molar-refractivity contribution is 6.36. The molecular weight excluding hydrogens is 247 g/mol. The molecule has 1 aromatic rings. The van der Waals surface area contributed by atoms with Gasteiger partial charge in [0.1, 0.15) is 6.10 Å². The van der Waals surface area contributed by atoms with E-state index in [4.69, 9.17) is 27.9 Å². The largest absolute Gasteiger partial charge is 0.369 e. The maximum Gasteiger partial charge on any atom is 0.166 e.